The van der Waals surface area contributed by atoms with Crippen LogP contribution in [0.2, 0.25) is 0 Å². The van der Waals surface area contributed by atoms with Gasteiger partial charge in [0.05, 0.1) is 35.9 Å². The van der Waals surface area contributed by atoms with Crippen molar-refractivity contribution in [1.82, 2.24) is 19.7 Å². The van der Waals surface area contributed by atoms with E-state index < -0.39 is 48.6 Å². The second kappa shape index (κ2) is 9.31. The lowest BCUT2D eigenvalue weighted by molar-refractivity contribution is -0.0805. The van der Waals surface area contributed by atoms with Gasteiger partial charge in [-0.05, 0) is 55.3 Å². The van der Waals surface area contributed by atoms with Crippen molar-refractivity contribution in [3.05, 3.63) is 63.7 Å². The molecule has 0 fully saturated rings. The van der Waals surface area contributed by atoms with E-state index in [0.717, 1.165) is 26.6 Å². The Balaban J connectivity index is 1.77. The molecular formula is C23H25N5O6. The van der Waals surface area contributed by atoms with Crippen molar-refractivity contribution < 1.29 is 25.2 Å². The number of aliphatic hydroxyl groups is 4. The molecule has 0 saturated heterocycles. The summed E-state index contributed by atoms with van der Waals surface area (Å²) in [5.41, 5.74) is 2.50. The molecule has 34 heavy (non-hydrogen) atoms. The Kier molecular flexibility index (Phi) is 6.44. The first kappa shape index (κ1) is 23.5. The highest BCUT2D eigenvalue weighted by Crippen LogP contribution is 2.20. The molecule has 1 amide bonds. The summed E-state index contributed by atoms with van der Waals surface area (Å²) in [5, 5.41) is 49.4. The minimum absolute atomic E-state index is 0.350. The molecule has 2 aromatic carbocycles. The monoisotopic (exact) mass is 467 g/mol. The number of aryl methyl sites for hydroxylation is 2. The van der Waals surface area contributed by atoms with Crippen LogP contribution in [0.5, 0.6) is 0 Å². The number of nitrogens with zero attached hydrogens (tertiary/aromatic N) is 3. The smallest absolute Gasteiger partial charge is 0.282 e. The van der Waals surface area contributed by atoms with E-state index in [0.29, 0.717) is 16.7 Å². The van der Waals surface area contributed by atoms with Crippen LogP contribution in [0.4, 0.5) is 5.69 Å². The third kappa shape index (κ3) is 4.41. The van der Waals surface area contributed by atoms with E-state index in [1.807, 2.05) is 13.8 Å². The number of aliphatic hydroxyl groups excluding tert-OH is 4. The maximum atomic E-state index is 13.3. The molecule has 11 nitrogen and oxygen atoms in total. The first-order valence-electron chi connectivity index (χ1n) is 10.6. The summed E-state index contributed by atoms with van der Waals surface area (Å²) in [5.74, 6) is -0.743. The van der Waals surface area contributed by atoms with Gasteiger partial charge in [0.15, 0.2) is 5.69 Å². The van der Waals surface area contributed by atoms with Crippen LogP contribution in [0.15, 0.2) is 41.3 Å². The Morgan fingerprint density at radius 1 is 1.12 bits per heavy atom. The third-order valence-electron chi connectivity index (χ3n) is 5.82. The van der Waals surface area contributed by atoms with Crippen LogP contribution in [0, 0.1) is 13.8 Å². The molecule has 11 heteroatoms. The van der Waals surface area contributed by atoms with E-state index in [9.17, 15) is 24.9 Å². The molecule has 0 saturated carbocycles. The van der Waals surface area contributed by atoms with Gasteiger partial charge in [0, 0.05) is 11.1 Å². The van der Waals surface area contributed by atoms with Gasteiger partial charge in [-0.25, -0.2) is 4.98 Å². The van der Waals surface area contributed by atoms with Crippen LogP contribution in [0.25, 0.3) is 21.9 Å². The average molecular weight is 467 g/mol. The number of benzene rings is 2. The average Bonchev–Trinajstić information content (AvgIpc) is 3.28. The highest BCUT2D eigenvalue weighted by molar-refractivity contribution is 6.04. The van der Waals surface area contributed by atoms with Crippen LogP contribution in [0.3, 0.4) is 0 Å². The number of rotatable bonds is 7. The van der Waals surface area contributed by atoms with Gasteiger partial charge in [0.2, 0.25) is 0 Å². The Bertz CT molecular complexity index is 1430. The molecule has 0 bridgehead atoms. The van der Waals surface area contributed by atoms with Crippen molar-refractivity contribution in [1.29, 1.82) is 0 Å². The highest BCUT2D eigenvalue weighted by Gasteiger charge is 2.27. The number of carbonyl (C=O) groups excluding carboxylic acids is 1. The van der Waals surface area contributed by atoms with Crippen molar-refractivity contribution >= 4 is 33.5 Å². The molecule has 0 aliphatic heterocycles. The largest absolute Gasteiger partial charge is 0.394 e. The molecule has 0 unspecified atom stereocenters. The highest BCUT2D eigenvalue weighted by atomic mass is 16.4. The predicted octanol–water partition coefficient (Wildman–Crippen LogP) is 0.217. The minimum Gasteiger partial charge on any atom is -0.394 e. The van der Waals surface area contributed by atoms with Crippen molar-refractivity contribution in [3.8, 4) is 0 Å². The summed E-state index contributed by atoms with van der Waals surface area (Å²) in [7, 11) is 0. The topological polar surface area (TPSA) is 174 Å². The number of carbonyl (C=O) groups is 1. The molecule has 2 aromatic heterocycles. The Hall–Kier alpha value is -3.64. The van der Waals surface area contributed by atoms with Gasteiger partial charge in [0.1, 0.15) is 18.3 Å². The summed E-state index contributed by atoms with van der Waals surface area (Å²) < 4.78 is 1.14. The van der Waals surface area contributed by atoms with Crippen LogP contribution in [-0.2, 0) is 6.54 Å². The molecule has 4 rings (SSSR count). The van der Waals surface area contributed by atoms with Crippen molar-refractivity contribution in [3.63, 3.8) is 0 Å². The lowest BCUT2D eigenvalue weighted by Gasteiger charge is -2.23. The van der Waals surface area contributed by atoms with Crippen LogP contribution in [-0.4, -0.2) is 71.0 Å². The fraction of sp³-hybridized carbons (Fsp3) is 0.304. The van der Waals surface area contributed by atoms with Crippen LogP contribution in [0.1, 0.15) is 21.6 Å². The number of hydrogen-bond donors (Lipinski definition) is 6. The molecule has 0 spiro atoms. The maximum absolute atomic E-state index is 13.3. The number of amides is 1. The van der Waals surface area contributed by atoms with Gasteiger partial charge >= 0.3 is 0 Å². The molecule has 3 atom stereocenters. The second-order valence-corrected chi connectivity index (χ2v) is 8.24. The lowest BCUT2D eigenvalue weighted by Crippen LogP contribution is -2.44. The Morgan fingerprint density at radius 3 is 2.59 bits per heavy atom. The molecule has 178 valence electrons. The number of fused-ring (bicyclic) bond motifs is 2. The summed E-state index contributed by atoms with van der Waals surface area (Å²) in [6.07, 6.45) is -3.29. The normalized spacial score (nSPS) is 14.3. The molecule has 6 N–H and O–H groups in total. The van der Waals surface area contributed by atoms with Gasteiger partial charge in [-0.2, -0.15) is 5.10 Å². The first-order chi connectivity index (χ1) is 16.2. The number of hydrogen-bond acceptors (Lipinski definition) is 8. The first-order valence-corrected chi connectivity index (χ1v) is 10.6. The number of anilines is 1. The van der Waals surface area contributed by atoms with Crippen molar-refractivity contribution in [2.45, 2.75) is 38.7 Å². The zero-order valence-corrected chi connectivity index (χ0v) is 18.6. The summed E-state index contributed by atoms with van der Waals surface area (Å²) in [4.78, 5) is 30.6. The van der Waals surface area contributed by atoms with E-state index in [2.05, 4.69) is 20.5 Å². The Morgan fingerprint density at radius 2 is 1.85 bits per heavy atom. The fourth-order valence-corrected chi connectivity index (χ4v) is 3.70. The van der Waals surface area contributed by atoms with E-state index in [1.54, 1.807) is 36.5 Å². The van der Waals surface area contributed by atoms with Gasteiger partial charge in [-0.15, -0.1) is 0 Å². The summed E-state index contributed by atoms with van der Waals surface area (Å²) in [6.45, 7) is 2.51. The SMILES string of the molecule is Cc1cc2nc(C(=O)Nc3ccc4[nH]ncc4c3)c(=O)n(C[C@H](O)[C@H](O)[C@H](O)CO)c2cc1C. The Labute approximate surface area is 193 Å². The van der Waals surface area contributed by atoms with E-state index in [-0.39, 0.29) is 0 Å². The van der Waals surface area contributed by atoms with E-state index >= 15 is 0 Å². The number of H-pyrrole nitrogens is 1. The molecule has 4 aromatic rings. The zero-order valence-electron chi connectivity index (χ0n) is 18.6. The quantitative estimate of drug-likeness (QED) is 0.224. The van der Waals surface area contributed by atoms with Crippen molar-refractivity contribution in [2.24, 2.45) is 0 Å². The summed E-state index contributed by atoms with van der Waals surface area (Å²) in [6, 6.07) is 8.51. The third-order valence-corrected chi connectivity index (χ3v) is 5.82. The lowest BCUT2D eigenvalue weighted by atomic mass is 10.1. The van der Waals surface area contributed by atoms with Gasteiger partial charge < -0.3 is 30.3 Å². The van der Waals surface area contributed by atoms with Crippen LogP contribution < -0.4 is 10.9 Å². The maximum Gasteiger partial charge on any atom is 0.282 e. The number of nitrogens with one attached hydrogen (secondary N) is 2. The van der Waals surface area contributed by atoms with E-state index in [1.165, 1.54) is 0 Å². The van der Waals surface area contributed by atoms with E-state index in [4.69, 9.17) is 5.11 Å². The molecule has 0 radical (unpaired) electrons. The standard InChI is InChI=1S/C23H25N5O6/c1-11-5-16-17(6-12(11)2)28(9-18(30)21(32)19(31)10-29)23(34)20(26-16)22(33)25-14-3-4-15-13(7-14)8-24-27-15/h3-8,18-19,21,29-32H,9-10H2,1-2H3,(H,24,27)(H,25,33)/t18-,19+,21-/m0/s1. The fourth-order valence-electron chi connectivity index (χ4n) is 3.70. The molecule has 0 aliphatic carbocycles. The number of aromatic nitrogens is 4. The molecular weight excluding hydrogens is 442 g/mol. The summed E-state index contributed by atoms with van der Waals surface area (Å²) >= 11 is 0. The minimum atomic E-state index is -1.70. The predicted molar refractivity (Wildman–Crippen MR) is 125 cm³/mol. The van der Waals surface area contributed by atoms with Crippen molar-refractivity contribution in [2.75, 3.05) is 11.9 Å². The van der Waals surface area contributed by atoms with Gasteiger partial charge in [0.25, 0.3) is 11.5 Å². The zero-order chi connectivity index (χ0) is 24.6. The van der Waals surface area contributed by atoms with Crippen LogP contribution >= 0.6 is 0 Å². The number of aromatic amines is 1. The molecule has 2 heterocycles. The second-order valence-electron chi connectivity index (χ2n) is 8.24. The van der Waals surface area contributed by atoms with Gasteiger partial charge in [-0.1, -0.05) is 0 Å². The van der Waals surface area contributed by atoms with Gasteiger partial charge in [-0.3, -0.25) is 14.7 Å². The molecule has 0 aliphatic rings.